The molecule has 0 saturated heterocycles. The molecule has 0 aromatic carbocycles. The van der Waals surface area contributed by atoms with Gasteiger partial charge in [0.25, 0.3) is 0 Å². The van der Waals surface area contributed by atoms with Gasteiger partial charge < -0.3 is 0 Å². The van der Waals surface area contributed by atoms with E-state index in [9.17, 15) is 0 Å². The third-order valence-corrected chi connectivity index (χ3v) is 0.629. The summed E-state index contributed by atoms with van der Waals surface area (Å²) < 4.78 is 0. The first-order valence-electron chi connectivity index (χ1n) is 2.47. The molecule has 40 valence electrons. The summed E-state index contributed by atoms with van der Waals surface area (Å²) in [6, 6.07) is 0. The maximum atomic E-state index is 3.95. The van der Waals surface area contributed by atoms with Crippen LogP contribution >= 0.6 is 0 Å². The second-order valence-electron chi connectivity index (χ2n) is 1.19. The van der Waals surface area contributed by atoms with Crippen LogP contribution in [0.1, 0.15) is 13.8 Å². The highest BCUT2D eigenvalue weighted by molar-refractivity contribution is 5.53. The molecule has 0 aliphatic carbocycles. The molecule has 0 unspecified atom stereocenters. The Kier molecular flexibility index (Phi) is 4.95. The van der Waals surface area contributed by atoms with Crippen molar-refractivity contribution in [2.75, 3.05) is 6.54 Å². The van der Waals surface area contributed by atoms with Crippen LogP contribution in [0.25, 0.3) is 0 Å². The zero-order valence-corrected chi connectivity index (χ0v) is 4.89. The molecular weight excluding hydrogens is 86.1 g/mol. The van der Waals surface area contributed by atoms with E-state index < -0.39 is 0 Å². The standard InChI is InChI=1S/C6H11N/c1-3-5-6-7-4-2/h3-5H,6H2,1-2H3/b5-3-,7-4?. The molecule has 0 aromatic heterocycles. The highest BCUT2D eigenvalue weighted by Gasteiger charge is 1.61. The molecule has 0 aromatic rings. The first kappa shape index (κ1) is 6.41. The summed E-state index contributed by atoms with van der Waals surface area (Å²) >= 11 is 0. The summed E-state index contributed by atoms with van der Waals surface area (Å²) in [6.45, 7) is 4.74. The van der Waals surface area contributed by atoms with Crippen molar-refractivity contribution in [3.63, 3.8) is 0 Å². The topological polar surface area (TPSA) is 12.4 Å². The molecule has 0 aliphatic rings. The van der Waals surface area contributed by atoms with Crippen molar-refractivity contribution in [2.45, 2.75) is 13.8 Å². The minimum absolute atomic E-state index is 0.826. The van der Waals surface area contributed by atoms with Crippen LogP contribution in [-0.2, 0) is 0 Å². The molecule has 7 heavy (non-hydrogen) atoms. The minimum Gasteiger partial charge on any atom is -0.294 e. The van der Waals surface area contributed by atoms with Gasteiger partial charge in [-0.1, -0.05) is 12.2 Å². The van der Waals surface area contributed by atoms with Gasteiger partial charge in [-0.25, -0.2) is 0 Å². The number of nitrogens with zero attached hydrogens (tertiary/aromatic N) is 1. The predicted molar refractivity (Wildman–Crippen MR) is 33.8 cm³/mol. The molecule has 0 bridgehead atoms. The Morgan fingerprint density at radius 1 is 1.43 bits per heavy atom. The largest absolute Gasteiger partial charge is 0.294 e. The van der Waals surface area contributed by atoms with Crippen molar-refractivity contribution in [2.24, 2.45) is 4.99 Å². The summed E-state index contributed by atoms with van der Waals surface area (Å²) in [4.78, 5) is 3.95. The molecule has 0 saturated carbocycles. The van der Waals surface area contributed by atoms with Crippen LogP contribution in [0.5, 0.6) is 0 Å². The molecule has 0 amide bonds. The number of hydrogen-bond donors (Lipinski definition) is 0. The third kappa shape index (κ3) is 5.41. The Morgan fingerprint density at radius 3 is 2.57 bits per heavy atom. The zero-order chi connectivity index (χ0) is 5.54. The highest BCUT2D eigenvalue weighted by Crippen LogP contribution is 1.70. The predicted octanol–water partition coefficient (Wildman–Crippen LogP) is 1.65. The molecular formula is C6H11N. The molecule has 0 heterocycles. The number of rotatable bonds is 2. The fraction of sp³-hybridized carbons (Fsp3) is 0.500. The zero-order valence-electron chi connectivity index (χ0n) is 4.89. The van der Waals surface area contributed by atoms with Gasteiger partial charge in [0.15, 0.2) is 0 Å². The maximum Gasteiger partial charge on any atom is 0.0566 e. The van der Waals surface area contributed by atoms with Crippen molar-refractivity contribution in [1.29, 1.82) is 0 Å². The fourth-order valence-electron chi connectivity index (χ4n) is 0.272. The first-order valence-corrected chi connectivity index (χ1v) is 2.47. The maximum absolute atomic E-state index is 3.95. The third-order valence-electron chi connectivity index (χ3n) is 0.629. The van der Waals surface area contributed by atoms with Gasteiger partial charge in [-0.05, 0) is 20.1 Å². The van der Waals surface area contributed by atoms with Gasteiger partial charge in [-0.15, -0.1) is 0 Å². The van der Waals surface area contributed by atoms with Crippen molar-refractivity contribution >= 4 is 6.21 Å². The van der Waals surface area contributed by atoms with E-state index in [4.69, 9.17) is 0 Å². The monoisotopic (exact) mass is 97.1 g/mol. The first-order chi connectivity index (χ1) is 3.41. The number of hydrogen-bond acceptors (Lipinski definition) is 1. The minimum atomic E-state index is 0.826. The lowest BCUT2D eigenvalue weighted by Crippen LogP contribution is -1.68. The van der Waals surface area contributed by atoms with Crippen LogP contribution in [0.4, 0.5) is 0 Å². The Hall–Kier alpha value is -0.590. The Bertz CT molecular complexity index is 62.2. The summed E-state index contributed by atoms with van der Waals surface area (Å²) in [5, 5.41) is 0. The lowest BCUT2D eigenvalue weighted by atomic mass is 10.5. The van der Waals surface area contributed by atoms with Crippen LogP contribution in [0.15, 0.2) is 17.1 Å². The molecule has 0 aliphatic heterocycles. The molecule has 0 atom stereocenters. The molecule has 0 N–H and O–H groups in total. The van der Waals surface area contributed by atoms with Gasteiger partial charge in [0, 0.05) is 0 Å². The normalized spacial score (nSPS) is 11.7. The van der Waals surface area contributed by atoms with Crippen molar-refractivity contribution < 1.29 is 0 Å². The second-order valence-corrected chi connectivity index (χ2v) is 1.19. The Balaban J connectivity index is 2.98. The molecule has 0 spiro atoms. The average Bonchev–Trinajstić information content (AvgIpc) is 1.69. The molecule has 0 fully saturated rings. The van der Waals surface area contributed by atoms with E-state index in [2.05, 4.69) is 4.99 Å². The number of allylic oxidation sites excluding steroid dienone is 1. The molecule has 0 rings (SSSR count). The second kappa shape index (κ2) is 5.41. The number of aliphatic imine (C=N–C) groups is 1. The van der Waals surface area contributed by atoms with Crippen LogP contribution in [-0.4, -0.2) is 12.8 Å². The molecule has 1 heteroatoms. The van der Waals surface area contributed by atoms with Crippen molar-refractivity contribution in [3.8, 4) is 0 Å². The average molecular weight is 97.2 g/mol. The highest BCUT2D eigenvalue weighted by atomic mass is 14.7. The van der Waals surface area contributed by atoms with Crippen molar-refractivity contribution in [3.05, 3.63) is 12.2 Å². The summed E-state index contributed by atoms with van der Waals surface area (Å²) in [5.41, 5.74) is 0. The van der Waals surface area contributed by atoms with E-state index in [0.29, 0.717) is 0 Å². The SMILES string of the molecule is CC=NC/C=C\C. The molecule has 0 radical (unpaired) electrons. The fourth-order valence-corrected chi connectivity index (χ4v) is 0.272. The quantitative estimate of drug-likeness (QED) is 0.367. The van der Waals surface area contributed by atoms with Crippen LogP contribution in [0.2, 0.25) is 0 Å². The lowest BCUT2D eigenvalue weighted by molar-refractivity contribution is 1.25. The van der Waals surface area contributed by atoms with Crippen LogP contribution in [0.3, 0.4) is 0 Å². The van der Waals surface area contributed by atoms with E-state index in [1.807, 2.05) is 26.0 Å². The summed E-state index contributed by atoms with van der Waals surface area (Å²) in [6.07, 6.45) is 5.81. The molecule has 1 nitrogen and oxygen atoms in total. The summed E-state index contributed by atoms with van der Waals surface area (Å²) in [5.74, 6) is 0. The summed E-state index contributed by atoms with van der Waals surface area (Å²) in [7, 11) is 0. The van der Waals surface area contributed by atoms with Crippen LogP contribution < -0.4 is 0 Å². The van der Waals surface area contributed by atoms with Gasteiger partial charge >= 0.3 is 0 Å². The Labute approximate surface area is 44.8 Å². The van der Waals surface area contributed by atoms with Gasteiger partial charge in [0.2, 0.25) is 0 Å². The lowest BCUT2D eigenvalue weighted by Gasteiger charge is -1.75. The van der Waals surface area contributed by atoms with E-state index in [-0.39, 0.29) is 0 Å². The van der Waals surface area contributed by atoms with Gasteiger partial charge in [0.1, 0.15) is 0 Å². The Morgan fingerprint density at radius 2 is 2.14 bits per heavy atom. The van der Waals surface area contributed by atoms with Gasteiger partial charge in [0.05, 0.1) is 6.54 Å². The van der Waals surface area contributed by atoms with Gasteiger partial charge in [-0.3, -0.25) is 4.99 Å². The van der Waals surface area contributed by atoms with Gasteiger partial charge in [-0.2, -0.15) is 0 Å². The van der Waals surface area contributed by atoms with E-state index in [1.54, 1.807) is 6.21 Å². The van der Waals surface area contributed by atoms with Crippen molar-refractivity contribution in [1.82, 2.24) is 0 Å². The van der Waals surface area contributed by atoms with E-state index in [0.717, 1.165) is 6.54 Å². The smallest absolute Gasteiger partial charge is 0.0566 e. The van der Waals surface area contributed by atoms with Crippen LogP contribution in [0, 0.1) is 0 Å². The van der Waals surface area contributed by atoms with E-state index in [1.165, 1.54) is 0 Å². The van der Waals surface area contributed by atoms with E-state index >= 15 is 0 Å².